The zero-order valence-electron chi connectivity index (χ0n) is 16.9. The van der Waals surface area contributed by atoms with Gasteiger partial charge in [-0.1, -0.05) is 12.1 Å². The summed E-state index contributed by atoms with van der Waals surface area (Å²) in [5.41, 5.74) is 1.44. The summed E-state index contributed by atoms with van der Waals surface area (Å²) in [6.07, 6.45) is 7.48. The number of carbonyl (C=O) groups excluding carboxylic acids is 2. The molecule has 0 aromatic heterocycles. The number of carbonyl (C=O) groups is 2. The molecule has 6 rings (SSSR count). The quantitative estimate of drug-likeness (QED) is 0.537. The van der Waals surface area contributed by atoms with Crippen LogP contribution in [0, 0.1) is 23.7 Å². The van der Waals surface area contributed by atoms with Crippen LogP contribution >= 0.6 is 0 Å². The average Bonchev–Trinajstić information content (AvgIpc) is 2.69. The largest absolute Gasteiger partial charge is 0.395 e. The van der Waals surface area contributed by atoms with E-state index in [0.717, 1.165) is 48.8 Å². The molecule has 0 unspecified atom stereocenters. The molecule has 5 fully saturated rings. The van der Waals surface area contributed by atoms with E-state index in [1.807, 2.05) is 36.2 Å². The van der Waals surface area contributed by atoms with Crippen molar-refractivity contribution in [1.82, 2.24) is 10.6 Å². The third kappa shape index (κ3) is 3.05. The van der Waals surface area contributed by atoms with Crippen LogP contribution in [0.2, 0.25) is 0 Å². The van der Waals surface area contributed by atoms with Crippen LogP contribution in [-0.2, 0) is 9.59 Å². The SMILES string of the molecule is CN(CCO)c1ccc(C=C2C(=O)NC3(NC2=O)C2CC4CC(C2)CC3C4)cc1. The Bertz CT molecular complexity index is 811. The van der Waals surface area contributed by atoms with Gasteiger partial charge in [-0.25, -0.2) is 0 Å². The van der Waals surface area contributed by atoms with Crippen molar-refractivity contribution in [3.8, 4) is 0 Å². The van der Waals surface area contributed by atoms with Gasteiger partial charge in [-0.2, -0.15) is 0 Å². The predicted octanol–water partition coefficient (Wildman–Crippen LogP) is 1.90. The summed E-state index contributed by atoms with van der Waals surface area (Å²) in [5, 5.41) is 15.6. The molecule has 3 N–H and O–H groups in total. The van der Waals surface area contributed by atoms with E-state index in [-0.39, 0.29) is 24.0 Å². The number of hydrogen-bond acceptors (Lipinski definition) is 4. The molecule has 154 valence electrons. The molecular formula is C23H29N3O3. The van der Waals surface area contributed by atoms with Crippen LogP contribution in [0.25, 0.3) is 6.08 Å². The van der Waals surface area contributed by atoms with Crippen LogP contribution in [0.15, 0.2) is 29.8 Å². The highest BCUT2D eigenvalue weighted by Gasteiger charge is 2.60. The molecule has 4 aliphatic carbocycles. The van der Waals surface area contributed by atoms with Gasteiger partial charge in [-0.05, 0) is 67.7 Å². The number of rotatable bonds is 4. The zero-order chi connectivity index (χ0) is 20.2. The van der Waals surface area contributed by atoms with Crippen molar-refractivity contribution in [3.63, 3.8) is 0 Å². The predicted molar refractivity (Wildman–Crippen MR) is 111 cm³/mol. The van der Waals surface area contributed by atoms with Crippen molar-refractivity contribution >= 4 is 23.6 Å². The summed E-state index contributed by atoms with van der Waals surface area (Å²) < 4.78 is 0. The number of likely N-dealkylation sites (N-methyl/N-ethyl adjacent to an activating group) is 1. The van der Waals surface area contributed by atoms with Crippen LogP contribution < -0.4 is 15.5 Å². The van der Waals surface area contributed by atoms with Crippen molar-refractivity contribution in [2.24, 2.45) is 23.7 Å². The van der Waals surface area contributed by atoms with Crippen LogP contribution in [0.3, 0.4) is 0 Å². The Morgan fingerprint density at radius 3 is 2.07 bits per heavy atom. The van der Waals surface area contributed by atoms with Gasteiger partial charge < -0.3 is 20.6 Å². The van der Waals surface area contributed by atoms with Crippen molar-refractivity contribution in [2.45, 2.75) is 37.8 Å². The fourth-order valence-electron chi connectivity index (χ4n) is 6.38. The highest BCUT2D eigenvalue weighted by Crippen LogP contribution is 2.57. The molecule has 1 aromatic rings. The second-order valence-corrected chi connectivity index (χ2v) is 9.38. The topological polar surface area (TPSA) is 81.7 Å². The van der Waals surface area contributed by atoms with E-state index in [2.05, 4.69) is 10.6 Å². The minimum Gasteiger partial charge on any atom is -0.395 e. The molecule has 0 atom stereocenters. The smallest absolute Gasteiger partial charge is 0.258 e. The summed E-state index contributed by atoms with van der Waals surface area (Å²) in [4.78, 5) is 27.9. The lowest BCUT2D eigenvalue weighted by atomic mass is 9.51. The third-order valence-electron chi connectivity index (χ3n) is 7.64. The number of nitrogens with zero attached hydrogens (tertiary/aromatic N) is 1. The molecule has 1 aromatic carbocycles. The molecular weight excluding hydrogens is 366 g/mol. The maximum atomic E-state index is 13.0. The normalized spacial score (nSPS) is 34.9. The molecule has 4 bridgehead atoms. The van der Waals surface area contributed by atoms with Crippen molar-refractivity contribution in [1.29, 1.82) is 0 Å². The van der Waals surface area contributed by atoms with E-state index in [1.165, 1.54) is 6.42 Å². The summed E-state index contributed by atoms with van der Waals surface area (Å²) in [7, 11) is 1.91. The lowest BCUT2D eigenvalue weighted by molar-refractivity contribution is -0.147. The molecule has 29 heavy (non-hydrogen) atoms. The number of aliphatic hydroxyl groups is 1. The summed E-state index contributed by atoms with van der Waals surface area (Å²) in [6.45, 7) is 0.644. The minimum atomic E-state index is -0.532. The van der Waals surface area contributed by atoms with Gasteiger partial charge in [0.25, 0.3) is 11.8 Å². The van der Waals surface area contributed by atoms with Gasteiger partial charge in [0, 0.05) is 31.1 Å². The number of hydrogen-bond donors (Lipinski definition) is 3. The Morgan fingerprint density at radius 2 is 1.55 bits per heavy atom. The fourth-order valence-corrected chi connectivity index (χ4v) is 6.38. The first kappa shape index (κ1) is 18.7. The highest BCUT2D eigenvalue weighted by atomic mass is 16.3. The van der Waals surface area contributed by atoms with Crippen LogP contribution in [0.4, 0.5) is 5.69 Å². The monoisotopic (exact) mass is 395 g/mol. The van der Waals surface area contributed by atoms with Gasteiger partial charge in [-0.3, -0.25) is 9.59 Å². The molecule has 1 aliphatic heterocycles. The Balaban J connectivity index is 1.36. The van der Waals surface area contributed by atoms with E-state index in [9.17, 15) is 9.59 Å². The second kappa shape index (κ2) is 6.87. The number of anilines is 1. The summed E-state index contributed by atoms with van der Waals surface area (Å²) >= 11 is 0. The van der Waals surface area contributed by atoms with Crippen molar-refractivity contribution in [3.05, 3.63) is 35.4 Å². The Hall–Kier alpha value is -2.34. The molecule has 5 aliphatic rings. The number of nitrogens with one attached hydrogen (secondary N) is 2. The van der Waals surface area contributed by atoms with Crippen molar-refractivity contribution in [2.75, 3.05) is 25.1 Å². The Kier molecular flexibility index (Phi) is 4.42. The van der Waals surface area contributed by atoms with E-state index in [1.54, 1.807) is 6.08 Å². The van der Waals surface area contributed by atoms with Gasteiger partial charge in [0.2, 0.25) is 0 Å². The third-order valence-corrected chi connectivity index (χ3v) is 7.64. The van der Waals surface area contributed by atoms with Gasteiger partial charge >= 0.3 is 0 Å². The first-order chi connectivity index (χ1) is 14.0. The molecule has 6 nitrogen and oxygen atoms in total. The van der Waals surface area contributed by atoms with Gasteiger partial charge in [0.05, 0.1) is 6.61 Å². The van der Waals surface area contributed by atoms with Crippen LogP contribution in [-0.4, -0.2) is 42.8 Å². The van der Waals surface area contributed by atoms with E-state index in [4.69, 9.17) is 5.11 Å². The van der Waals surface area contributed by atoms with Crippen LogP contribution in [0.5, 0.6) is 0 Å². The average molecular weight is 396 g/mol. The van der Waals surface area contributed by atoms with Crippen LogP contribution in [0.1, 0.15) is 37.7 Å². The Morgan fingerprint density at radius 1 is 1.00 bits per heavy atom. The molecule has 1 heterocycles. The highest BCUT2D eigenvalue weighted by molar-refractivity contribution is 6.23. The first-order valence-electron chi connectivity index (χ1n) is 10.8. The Labute approximate surface area is 171 Å². The molecule has 1 saturated heterocycles. The fraction of sp³-hybridized carbons (Fsp3) is 0.565. The standard InChI is InChI=1S/C23H29N3O3/c1-26(6-7-27)19-4-2-14(3-5-19)13-20-21(28)24-23(25-22(20)29)17-9-15-8-16(11-17)12-18(23)10-15/h2-5,13,15-18,27H,6-12H2,1H3,(H,24,28)(H,25,29). The first-order valence-corrected chi connectivity index (χ1v) is 10.8. The molecule has 6 heteroatoms. The van der Waals surface area contributed by atoms with Gasteiger partial charge in [-0.15, -0.1) is 0 Å². The second-order valence-electron chi connectivity index (χ2n) is 9.38. The summed E-state index contributed by atoms with van der Waals surface area (Å²) in [5.74, 6) is 1.79. The lowest BCUT2D eigenvalue weighted by Gasteiger charge is -2.62. The molecule has 1 spiro atoms. The minimum absolute atomic E-state index is 0.0911. The molecule has 2 amide bonds. The van der Waals surface area contributed by atoms with Gasteiger partial charge in [0.1, 0.15) is 11.2 Å². The number of amides is 2. The molecule has 4 saturated carbocycles. The van der Waals surface area contributed by atoms with E-state index < -0.39 is 5.66 Å². The molecule has 0 radical (unpaired) electrons. The number of aliphatic hydroxyl groups excluding tert-OH is 1. The maximum Gasteiger partial charge on any atom is 0.258 e. The summed E-state index contributed by atoms with van der Waals surface area (Å²) in [6, 6.07) is 7.65. The maximum absolute atomic E-state index is 13.0. The van der Waals surface area contributed by atoms with E-state index in [0.29, 0.717) is 18.4 Å². The zero-order valence-corrected chi connectivity index (χ0v) is 16.9. The number of benzene rings is 1. The van der Waals surface area contributed by atoms with Crippen molar-refractivity contribution < 1.29 is 14.7 Å². The lowest BCUT2D eigenvalue weighted by Crippen LogP contribution is -2.76. The van der Waals surface area contributed by atoms with E-state index >= 15 is 0 Å². The van der Waals surface area contributed by atoms with Gasteiger partial charge in [0.15, 0.2) is 0 Å².